The number of amides is 1. The summed E-state index contributed by atoms with van der Waals surface area (Å²) < 4.78 is 6.08. The molecule has 0 aromatic heterocycles. The average Bonchev–Trinajstić information content (AvgIpc) is 3.38. The number of hydrogen-bond donors (Lipinski definition) is 0. The van der Waals surface area contributed by atoms with Crippen LogP contribution in [0.25, 0.3) is 0 Å². The van der Waals surface area contributed by atoms with E-state index in [1.807, 2.05) is 37.5 Å². The van der Waals surface area contributed by atoms with E-state index >= 15 is 0 Å². The minimum absolute atomic E-state index is 0. The Balaban J connectivity index is 0.00000408. The third kappa shape index (κ3) is 5.01. The Morgan fingerprint density at radius 2 is 1.76 bits per heavy atom. The molecule has 3 rings (SSSR count). The molecule has 6 nitrogen and oxygen atoms in total. The van der Waals surface area contributed by atoms with Crippen molar-refractivity contribution < 1.29 is 38.3 Å². The monoisotopic (exact) mass is 466 g/mol. The quantitative estimate of drug-likeness (QED) is 0.216. The molecular weight excluding hydrogens is 423 g/mol. The number of hydrogen-bond acceptors (Lipinski definition) is 5. The fraction of sp³-hybridized carbons (Fsp3) is 0.778. The smallest absolute Gasteiger partial charge is 0.847 e. The Kier molecular flexibility index (Phi) is 9.58. The molecule has 0 N–H and O–H groups in total. The predicted molar refractivity (Wildman–Crippen MR) is 128 cm³/mol. The minimum Gasteiger partial charge on any atom is -0.847 e. The summed E-state index contributed by atoms with van der Waals surface area (Å²) in [6.07, 6.45) is 6.23. The second kappa shape index (κ2) is 11.2. The topological polar surface area (TPSA) is 72.9 Å². The van der Waals surface area contributed by atoms with Gasteiger partial charge >= 0.3 is 24.8 Å². The van der Waals surface area contributed by atoms with Gasteiger partial charge in [-0.15, -0.1) is 6.58 Å². The van der Waals surface area contributed by atoms with Crippen molar-refractivity contribution in [3.05, 3.63) is 24.4 Å². The fourth-order valence-electron chi connectivity index (χ4n) is 6.79. The first-order chi connectivity index (χ1) is 15.5. The van der Waals surface area contributed by atoms with Gasteiger partial charge in [-0.05, 0) is 77.6 Å². The van der Waals surface area contributed by atoms with E-state index in [0.717, 1.165) is 38.8 Å². The van der Waals surface area contributed by atoms with Gasteiger partial charge in [0.25, 0.3) is 0 Å². The molecule has 0 unspecified atom stereocenters. The Morgan fingerprint density at radius 1 is 1.18 bits per heavy atom. The molecule has 0 aromatic rings. The van der Waals surface area contributed by atoms with Gasteiger partial charge in [0, 0.05) is 36.9 Å². The van der Waals surface area contributed by atoms with Gasteiger partial charge in [-0.1, -0.05) is 26.0 Å². The molecule has 34 heavy (non-hydrogen) atoms. The van der Waals surface area contributed by atoms with Gasteiger partial charge < -0.3 is 19.6 Å². The number of nitrogens with zero attached hydrogens (tertiary/aromatic N) is 2. The van der Waals surface area contributed by atoms with Crippen molar-refractivity contribution in [1.82, 2.24) is 9.80 Å². The molecule has 0 aromatic carbocycles. The zero-order valence-electron chi connectivity index (χ0n) is 22.4. The summed E-state index contributed by atoms with van der Waals surface area (Å²) in [5.74, 6) is -0.0501. The molecule has 2 bridgehead atoms. The molecule has 0 spiro atoms. The number of fused-ring (bicyclic) bond motifs is 2. The third-order valence-electron chi connectivity index (χ3n) is 8.54. The average molecular weight is 467 g/mol. The third-order valence-corrected chi connectivity index (χ3v) is 8.54. The van der Waals surface area contributed by atoms with Crippen molar-refractivity contribution in [3.63, 3.8) is 0 Å². The minimum atomic E-state index is -1.03. The summed E-state index contributed by atoms with van der Waals surface area (Å²) in [5, 5.41) is 12.8. The van der Waals surface area contributed by atoms with Gasteiger partial charge in [-0.25, -0.2) is 4.79 Å². The van der Waals surface area contributed by atoms with Crippen LogP contribution in [0.2, 0.25) is 0 Å². The SMILES string of the molecule is C=CC[C@@H]([O-])/C(=C\C(=O)O[C@@H]1C[C@H]2CC[C@]1(C(=O)N(C(C)C)C(C)C)C2(C)C)N1CCCC1.[Li+]. The number of likely N-dealkylation sites (tertiary alicyclic amines) is 1. The van der Waals surface area contributed by atoms with E-state index in [0.29, 0.717) is 18.0 Å². The maximum absolute atomic E-state index is 14.1. The van der Waals surface area contributed by atoms with Crippen LogP contribution in [-0.4, -0.2) is 59.1 Å². The molecule has 1 aliphatic heterocycles. The standard InChI is InChI=1S/C27H43N2O4.Li/c1-8-11-22(30)21(28-14-9-10-15-28)17-24(31)33-23-16-20-12-13-27(23,26(20,6)7)25(32)29(18(2)3)19(4)5;/h8,17-20,22-23H,1,9-16H2,2-7H3;/q-1;+1/b21-17+;/t20-,22-,23-,27+;/m1./s1. The van der Waals surface area contributed by atoms with E-state index in [-0.39, 0.29) is 48.7 Å². The van der Waals surface area contributed by atoms with Crippen molar-refractivity contribution in [3.8, 4) is 0 Å². The zero-order valence-corrected chi connectivity index (χ0v) is 22.4. The zero-order chi connectivity index (χ0) is 24.6. The summed E-state index contributed by atoms with van der Waals surface area (Å²) in [4.78, 5) is 31.2. The van der Waals surface area contributed by atoms with Crippen LogP contribution in [0.5, 0.6) is 0 Å². The maximum atomic E-state index is 14.1. The second-order valence-electron chi connectivity index (χ2n) is 11.3. The molecule has 3 aliphatic rings. The molecule has 7 heteroatoms. The molecule has 4 atom stereocenters. The molecule has 1 heterocycles. The van der Waals surface area contributed by atoms with Gasteiger partial charge in [0.05, 0.1) is 5.41 Å². The van der Waals surface area contributed by atoms with E-state index in [1.165, 1.54) is 6.08 Å². The van der Waals surface area contributed by atoms with E-state index in [2.05, 4.69) is 20.4 Å². The summed E-state index contributed by atoms with van der Waals surface area (Å²) in [7, 11) is 0. The van der Waals surface area contributed by atoms with Gasteiger partial charge in [-0.2, -0.15) is 0 Å². The van der Waals surface area contributed by atoms with Crippen molar-refractivity contribution in [2.45, 2.75) is 104 Å². The molecule has 3 fully saturated rings. The van der Waals surface area contributed by atoms with Crippen LogP contribution in [0.15, 0.2) is 24.4 Å². The Bertz CT molecular complexity index is 779. The number of esters is 1. The summed E-state index contributed by atoms with van der Waals surface area (Å²) >= 11 is 0. The van der Waals surface area contributed by atoms with Gasteiger partial charge in [-0.3, -0.25) is 4.79 Å². The van der Waals surface area contributed by atoms with Crippen LogP contribution in [-0.2, 0) is 14.3 Å². The number of carbonyl (C=O) groups is 2. The first-order valence-electron chi connectivity index (χ1n) is 12.7. The van der Waals surface area contributed by atoms with Gasteiger partial charge in [0.2, 0.25) is 5.91 Å². The van der Waals surface area contributed by atoms with Crippen LogP contribution in [0.4, 0.5) is 0 Å². The first-order valence-corrected chi connectivity index (χ1v) is 12.7. The number of carbonyl (C=O) groups excluding carboxylic acids is 2. The fourth-order valence-corrected chi connectivity index (χ4v) is 6.79. The molecule has 186 valence electrons. The van der Waals surface area contributed by atoms with Crippen molar-refractivity contribution >= 4 is 11.9 Å². The molecular formula is C27H43LiN2O4. The van der Waals surface area contributed by atoms with Gasteiger partial charge in [0.1, 0.15) is 6.10 Å². The van der Waals surface area contributed by atoms with Crippen LogP contribution in [0.3, 0.4) is 0 Å². The Morgan fingerprint density at radius 3 is 2.26 bits per heavy atom. The molecule has 0 radical (unpaired) electrons. The van der Waals surface area contributed by atoms with E-state index < -0.39 is 23.6 Å². The number of ether oxygens (including phenoxy) is 1. The summed E-state index contributed by atoms with van der Waals surface area (Å²) in [6, 6.07) is 0.140. The molecule has 2 saturated carbocycles. The summed E-state index contributed by atoms with van der Waals surface area (Å²) in [5.41, 5.74) is -0.476. The van der Waals surface area contributed by atoms with E-state index in [1.54, 1.807) is 6.08 Å². The molecule has 1 saturated heterocycles. The van der Waals surface area contributed by atoms with Crippen LogP contribution in [0, 0.1) is 16.7 Å². The van der Waals surface area contributed by atoms with E-state index in [4.69, 9.17) is 4.74 Å². The Hall–Kier alpha value is -1.22. The largest absolute Gasteiger partial charge is 1.00 e. The summed E-state index contributed by atoms with van der Waals surface area (Å²) in [6.45, 7) is 17.8. The van der Waals surface area contributed by atoms with E-state index in [9.17, 15) is 14.7 Å². The Labute approximate surface area is 218 Å². The second-order valence-corrected chi connectivity index (χ2v) is 11.3. The van der Waals surface area contributed by atoms with Crippen LogP contribution >= 0.6 is 0 Å². The molecule has 2 aliphatic carbocycles. The van der Waals surface area contributed by atoms with Crippen molar-refractivity contribution in [2.75, 3.05) is 13.1 Å². The predicted octanol–water partition coefficient (Wildman–Crippen LogP) is 0.659. The maximum Gasteiger partial charge on any atom is 1.00 e. The van der Waals surface area contributed by atoms with Crippen molar-refractivity contribution in [2.24, 2.45) is 16.7 Å². The first kappa shape index (κ1) is 29.0. The molecule has 1 amide bonds. The van der Waals surface area contributed by atoms with Crippen LogP contribution < -0.4 is 24.0 Å². The normalized spacial score (nSPS) is 28.7. The van der Waals surface area contributed by atoms with Crippen molar-refractivity contribution in [1.29, 1.82) is 0 Å². The van der Waals surface area contributed by atoms with Gasteiger partial charge in [0.15, 0.2) is 0 Å². The number of rotatable bonds is 9. The van der Waals surface area contributed by atoms with Crippen LogP contribution in [0.1, 0.15) is 80.1 Å².